The number of nitrogens with two attached hydrogens (primary N) is 1. The minimum absolute atomic E-state index is 0.860. The molecule has 0 radical (unpaired) electrons. The van der Waals surface area contributed by atoms with Crippen molar-refractivity contribution in [2.24, 2.45) is 0 Å². The van der Waals surface area contributed by atoms with Gasteiger partial charge in [0.15, 0.2) is 0 Å². The number of rotatable bonds is 3. The maximum atomic E-state index is 5.85. The summed E-state index contributed by atoms with van der Waals surface area (Å²) in [6.45, 7) is 4.17. The molecule has 2 N–H and O–H groups in total. The molecule has 0 spiro atoms. The van der Waals surface area contributed by atoms with Crippen LogP contribution < -0.4 is 10.6 Å². The molecule has 0 bridgehead atoms. The number of benzene rings is 2. The van der Waals surface area contributed by atoms with E-state index in [1.54, 1.807) is 0 Å². The first-order valence-corrected chi connectivity index (χ1v) is 6.97. The van der Waals surface area contributed by atoms with Crippen LogP contribution in [0.2, 0.25) is 0 Å². The summed E-state index contributed by atoms with van der Waals surface area (Å²) in [5, 5.41) is 0. The number of anilines is 2. The lowest BCUT2D eigenvalue weighted by Crippen LogP contribution is -2.14. The fourth-order valence-corrected chi connectivity index (χ4v) is 2.76. The van der Waals surface area contributed by atoms with E-state index in [0.29, 0.717) is 0 Å². The Bertz CT molecular complexity index is 572. The molecule has 2 aromatic rings. The number of aryl methyl sites for hydroxylation is 1. The standard InChI is InChI=1S/C17H20N2/c1-2-3-13-4-8-17(9-5-13)19-11-14-6-7-16(18)10-15(14)12-19/h4-10H,2-3,11-12,18H2,1H3. The molecule has 1 aliphatic heterocycles. The highest BCUT2D eigenvalue weighted by atomic mass is 15.1. The number of hydrogen-bond acceptors (Lipinski definition) is 2. The molecule has 0 amide bonds. The van der Waals surface area contributed by atoms with E-state index < -0.39 is 0 Å². The van der Waals surface area contributed by atoms with Crippen molar-refractivity contribution in [3.05, 3.63) is 59.2 Å². The highest BCUT2D eigenvalue weighted by molar-refractivity contribution is 5.55. The summed E-state index contributed by atoms with van der Waals surface area (Å²) < 4.78 is 0. The van der Waals surface area contributed by atoms with Crippen LogP contribution in [0.4, 0.5) is 11.4 Å². The molecule has 19 heavy (non-hydrogen) atoms. The van der Waals surface area contributed by atoms with Crippen LogP contribution in [0.5, 0.6) is 0 Å². The van der Waals surface area contributed by atoms with Crippen LogP contribution in [0.3, 0.4) is 0 Å². The van der Waals surface area contributed by atoms with E-state index in [1.165, 1.54) is 28.8 Å². The number of fused-ring (bicyclic) bond motifs is 1. The van der Waals surface area contributed by atoms with Crippen LogP contribution in [0.15, 0.2) is 42.5 Å². The van der Waals surface area contributed by atoms with Crippen molar-refractivity contribution in [2.75, 3.05) is 10.6 Å². The molecule has 0 saturated heterocycles. The van der Waals surface area contributed by atoms with Gasteiger partial charge in [0.05, 0.1) is 0 Å². The lowest BCUT2D eigenvalue weighted by Gasteiger charge is -2.18. The van der Waals surface area contributed by atoms with Crippen molar-refractivity contribution in [2.45, 2.75) is 32.9 Å². The third-order valence-corrected chi connectivity index (χ3v) is 3.79. The van der Waals surface area contributed by atoms with Gasteiger partial charge in [-0.25, -0.2) is 0 Å². The minimum Gasteiger partial charge on any atom is -0.399 e. The first kappa shape index (κ1) is 12.1. The molecule has 0 aliphatic carbocycles. The summed E-state index contributed by atoms with van der Waals surface area (Å²) in [6.07, 6.45) is 2.37. The molecule has 0 saturated carbocycles. The van der Waals surface area contributed by atoms with E-state index in [-0.39, 0.29) is 0 Å². The molecule has 0 atom stereocenters. The highest BCUT2D eigenvalue weighted by Crippen LogP contribution is 2.29. The largest absolute Gasteiger partial charge is 0.399 e. The fourth-order valence-electron chi connectivity index (χ4n) is 2.76. The molecule has 2 nitrogen and oxygen atoms in total. The van der Waals surface area contributed by atoms with Gasteiger partial charge in [-0.15, -0.1) is 0 Å². The summed E-state index contributed by atoms with van der Waals surface area (Å²) in [4.78, 5) is 2.40. The molecule has 1 aliphatic rings. The van der Waals surface area contributed by atoms with Gasteiger partial charge in [0.1, 0.15) is 0 Å². The van der Waals surface area contributed by atoms with E-state index in [9.17, 15) is 0 Å². The molecule has 1 heterocycles. The third-order valence-electron chi connectivity index (χ3n) is 3.79. The zero-order chi connectivity index (χ0) is 13.2. The Morgan fingerprint density at radius 2 is 1.74 bits per heavy atom. The Morgan fingerprint density at radius 3 is 2.47 bits per heavy atom. The van der Waals surface area contributed by atoms with Crippen molar-refractivity contribution in [3.63, 3.8) is 0 Å². The van der Waals surface area contributed by atoms with Crippen LogP contribution in [0.1, 0.15) is 30.0 Å². The average molecular weight is 252 g/mol. The molecule has 0 fully saturated rings. The van der Waals surface area contributed by atoms with E-state index in [0.717, 1.165) is 25.2 Å². The van der Waals surface area contributed by atoms with Crippen molar-refractivity contribution in [1.29, 1.82) is 0 Å². The molecule has 0 aromatic heterocycles. The van der Waals surface area contributed by atoms with E-state index in [1.807, 2.05) is 6.07 Å². The molecule has 2 heteroatoms. The molecule has 2 aromatic carbocycles. The molecule has 3 rings (SSSR count). The van der Waals surface area contributed by atoms with Crippen LogP contribution in [-0.2, 0) is 19.5 Å². The monoisotopic (exact) mass is 252 g/mol. The SMILES string of the molecule is CCCc1ccc(N2Cc3ccc(N)cc3C2)cc1. The van der Waals surface area contributed by atoms with Crippen molar-refractivity contribution < 1.29 is 0 Å². The Balaban J connectivity index is 1.78. The Kier molecular flexibility index (Phi) is 3.16. The second kappa shape index (κ2) is 4.96. The lowest BCUT2D eigenvalue weighted by molar-refractivity contribution is 0.876. The Hall–Kier alpha value is -1.96. The number of hydrogen-bond donors (Lipinski definition) is 1. The highest BCUT2D eigenvalue weighted by Gasteiger charge is 2.18. The van der Waals surface area contributed by atoms with Crippen LogP contribution in [-0.4, -0.2) is 0 Å². The molecular weight excluding hydrogens is 232 g/mol. The summed E-state index contributed by atoms with van der Waals surface area (Å²) >= 11 is 0. The lowest BCUT2D eigenvalue weighted by atomic mass is 10.1. The van der Waals surface area contributed by atoms with Gasteiger partial charge in [0, 0.05) is 24.5 Å². The van der Waals surface area contributed by atoms with Gasteiger partial charge < -0.3 is 10.6 Å². The van der Waals surface area contributed by atoms with Gasteiger partial charge in [0.2, 0.25) is 0 Å². The van der Waals surface area contributed by atoms with Gasteiger partial charge in [0.25, 0.3) is 0 Å². The normalized spacial score (nSPS) is 13.6. The maximum absolute atomic E-state index is 5.85. The van der Waals surface area contributed by atoms with Crippen molar-refractivity contribution in [1.82, 2.24) is 0 Å². The summed E-state index contributed by atoms with van der Waals surface area (Å²) in [5.41, 5.74) is 12.2. The van der Waals surface area contributed by atoms with Gasteiger partial charge in [-0.05, 0) is 47.4 Å². The van der Waals surface area contributed by atoms with E-state index >= 15 is 0 Å². The molecule has 98 valence electrons. The second-order valence-electron chi connectivity index (χ2n) is 5.30. The predicted octanol–water partition coefficient (Wildman–Crippen LogP) is 3.74. The zero-order valence-electron chi connectivity index (χ0n) is 11.4. The first-order chi connectivity index (χ1) is 9.26. The molecule has 0 unspecified atom stereocenters. The van der Waals surface area contributed by atoms with Crippen LogP contribution in [0.25, 0.3) is 0 Å². The third kappa shape index (κ3) is 2.43. The smallest absolute Gasteiger partial charge is 0.0437 e. The van der Waals surface area contributed by atoms with Gasteiger partial charge in [-0.3, -0.25) is 0 Å². The zero-order valence-corrected chi connectivity index (χ0v) is 11.4. The minimum atomic E-state index is 0.860. The Labute approximate surface area is 114 Å². The van der Waals surface area contributed by atoms with Crippen molar-refractivity contribution >= 4 is 11.4 Å². The topological polar surface area (TPSA) is 29.3 Å². The summed E-state index contributed by atoms with van der Waals surface area (Å²) in [6, 6.07) is 15.2. The van der Waals surface area contributed by atoms with Crippen molar-refractivity contribution in [3.8, 4) is 0 Å². The quantitative estimate of drug-likeness (QED) is 0.843. The van der Waals surface area contributed by atoms with Gasteiger partial charge in [-0.2, -0.15) is 0 Å². The average Bonchev–Trinajstić information content (AvgIpc) is 2.83. The van der Waals surface area contributed by atoms with Gasteiger partial charge >= 0.3 is 0 Å². The maximum Gasteiger partial charge on any atom is 0.0437 e. The Morgan fingerprint density at radius 1 is 1.00 bits per heavy atom. The first-order valence-electron chi connectivity index (χ1n) is 6.97. The number of nitrogen functional groups attached to an aromatic ring is 1. The molecular formula is C17H20N2. The summed E-state index contributed by atoms with van der Waals surface area (Å²) in [7, 11) is 0. The summed E-state index contributed by atoms with van der Waals surface area (Å²) in [5.74, 6) is 0. The fraction of sp³-hybridized carbons (Fsp3) is 0.294. The number of nitrogens with zero attached hydrogens (tertiary/aromatic N) is 1. The van der Waals surface area contributed by atoms with Crippen LogP contribution >= 0.6 is 0 Å². The van der Waals surface area contributed by atoms with E-state index in [2.05, 4.69) is 48.2 Å². The predicted molar refractivity (Wildman–Crippen MR) is 81.2 cm³/mol. The van der Waals surface area contributed by atoms with Crippen LogP contribution in [0, 0.1) is 0 Å². The van der Waals surface area contributed by atoms with E-state index in [4.69, 9.17) is 5.73 Å². The second-order valence-corrected chi connectivity index (χ2v) is 5.30. The van der Waals surface area contributed by atoms with Gasteiger partial charge in [-0.1, -0.05) is 31.5 Å².